The summed E-state index contributed by atoms with van der Waals surface area (Å²) in [4.78, 5) is 9.98. The van der Waals surface area contributed by atoms with E-state index in [0.29, 0.717) is 0 Å². The van der Waals surface area contributed by atoms with Gasteiger partial charge in [0, 0.05) is 49.8 Å². The molecule has 0 bridgehead atoms. The lowest BCUT2D eigenvalue weighted by molar-refractivity contribution is 0.282. The minimum atomic E-state index is -0.199. The first-order chi connectivity index (χ1) is 12.2. The standard InChI is InChI=1S/C19H28FN5/c1-3-25(16-5-6-16)11-10-23-19(21-2)22-9-8-14-13-24-18-7-4-15(20)12-17(14)18/h4,7,12-13,16,24H,3,5-6,8-11H2,1-2H3,(H2,21,22,23). The smallest absolute Gasteiger partial charge is 0.191 e. The molecule has 0 radical (unpaired) electrons. The second kappa shape index (κ2) is 8.34. The first-order valence-electron chi connectivity index (χ1n) is 9.15. The molecule has 1 aliphatic carbocycles. The summed E-state index contributed by atoms with van der Waals surface area (Å²) in [5.74, 6) is 0.618. The van der Waals surface area contributed by atoms with E-state index in [1.165, 1.54) is 18.9 Å². The van der Waals surface area contributed by atoms with Gasteiger partial charge in [0.05, 0.1) is 0 Å². The maximum absolute atomic E-state index is 13.4. The number of hydrogen-bond donors (Lipinski definition) is 3. The first kappa shape index (κ1) is 17.7. The molecule has 0 spiro atoms. The van der Waals surface area contributed by atoms with E-state index in [2.05, 4.69) is 32.4 Å². The van der Waals surface area contributed by atoms with E-state index in [9.17, 15) is 4.39 Å². The van der Waals surface area contributed by atoms with Crippen LogP contribution >= 0.6 is 0 Å². The van der Waals surface area contributed by atoms with Crippen LogP contribution in [0.15, 0.2) is 29.4 Å². The van der Waals surface area contributed by atoms with Crippen LogP contribution in [0.5, 0.6) is 0 Å². The Hall–Kier alpha value is -2.08. The Bertz CT molecular complexity index is 720. The number of hydrogen-bond acceptors (Lipinski definition) is 2. The summed E-state index contributed by atoms with van der Waals surface area (Å²) in [7, 11) is 1.79. The van der Waals surface area contributed by atoms with Crippen molar-refractivity contribution in [2.24, 2.45) is 4.99 Å². The van der Waals surface area contributed by atoms with Gasteiger partial charge < -0.3 is 15.6 Å². The molecular weight excluding hydrogens is 317 g/mol. The third-order valence-corrected chi connectivity index (χ3v) is 4.80. The van der Waals surface area contributed by atoms with Crippen LogP contribution in [0.25, 0.3) is 10.9 Å². The number of benzene rings is 1. The number of guanidine groups is 1. The van der Waals surface area contributed by atoms with E-state index in [0.717, 1.165) is 61.1 Å². The van der Waals surface area contributed by atoms with Gasteiger partial charge in [-0.15, -0.1) is 0 Å². The fourth-order valence-corrected chi connectivity index (χ4v) is 3.25. The largest absolute Gasteiger partial charge is 0.361 e. The highest BCUT2D eigenvalue weighted by Crippen LogP contribution is 2.25. The molecule has 0 atom stereocenters. The predicted octanol–water partition coefficient (Wildman–Crippen LogP) is 2.50. The molecule has 0 saturated heterocycles. The fourth-order valence-electron chi connectivity index (χ4n) is 3.25. The van der Waals surface area contributed by atoms with Crippen molar-refractivity contribution < 1.29 is 4.39 Å². The van der Waals surface area contributed by atoms with Crippen LogP contribution in [-0.2, 0) is 6.42 Å². The number of aliphatic imine (C=N–C) groups is 1. The van der Waals surface area contributed by atoms with Gasteiger partial charge in [-0.2, -0.15) is 0 Å². The number of nitrogens with one attached hydrogen (secondary N) is 3. The molecule has 6 heteroatoms. The zero-order chi connectivity index (χ0) is 17.6. The molecule has 1 saturated carbocycles. The highest BCUT2D eigenvalue weighted by Gasteiger charge is 2.27. The number of H-pyrrole nitrogens is 1. The molecule has 25 heavy (non-hydrogen) atoms. The fraction of sp³-hybridized carbons (Fsp3) is 0.526. The summed E-state index contributed by atoms with van der Waals surface area (Å²) in [6.45, 7) is 6.01. The highest BCUT2D eigenvalue weighted by molar-refractivity contribution is 5.83. The average Bonchev–Trinajstić information content (AvgIpc) is 3.39. The number of aromatic amines is 1. The van der Waals surface area contributed by atoms with Crippen molar-refractivity contribution in [2.75, 3.05) is 33.2 Å². The maximum atomic E-state index is 13.4. The van der Waals surface area contributed by atoms with Gasteiger partial charge in [0.25, 0.3) is 0 Å². The molecule has 1 aromatic heterocycles. The van der Waals surface area contributed by atoms with Crippen LogP contribution in [0.2, 0.25) is 0 Å². The number of fused-ring (bicyclic) bond motifs is 1. The van der Waals surface area contributed by atoms with Gasteiger partial charge in [-0.25, -0.2) is 4.39 Å². The Morgan fingerprint density at radius 1 is 1.32 bits per heavy atom. The van der Waals surface area contributed by atoms with Crippen molar-refractivity contribution in [3.8, 4) is 0 Å². The zero-order valence-electron chi connectivity index (χ0n) is 15.1. The lowest BCUT2D eigenvalue weighted by Gasteiger charge is -2.20. The molecule has 5 nitrogen and oxygen atoms in total. The van der Waals surface area contributed by atoms with E-state index in [1.807, 2.05) is 6.20 Å². The Morgan fingerprint density at radius 3 is 2.84 bits per heavy atom. The Kier molecular flexibility index (Phi) is 5.91. The van der Waals surface area contributed by atoms with E-state index in [1.54, 1.807) is 19.2 Å². The van der Waals surface area contributed by atoms with Crippen LogP contribution < -0.4 is 10.6 Å². The van der Waals surface area contributed by atoms with E-state index >= 15 is 0 Å². The third kappa shape index (κ3) is 4.72. The zero-order valence-corrected chi connectivity index (χ0v) is 15.1. The van der Waals surface area contributed by atoms with Crippen LogP contribution in [-0.4, -0.2) is 55.1 Å². The molecule has 0 amide bonds. The average molecular weight is 345 g/mol. The first-order valence-corrected chi connectivity index (χ1v) is 9.15. The molecular formula is C19H28FN5. The number of halogens is 1. The second-order valence-electron chi connectivity index (χ2n) is 6.54. The van der Waals surface area contributed by atoms with Gasteiger partial charge in [0.2, 0.25) is 0 Å². The molecule has 0 aliphatic heterocycles. The van der Waals surface area contributed by atoms with Crippen LogP contribution in [0, 0.1) is 5.82 Å². The summed E-state index contributed by atoms with van der Waals surface area (Å²) >= 11 is 0. The molecule has 0 unspecified atom stereocenters. The van der Waals surface area contributed by atoms with E-state index in [4.69, 9.17) is 0 Å². The maximum Gasteiger partial charge on any atom is 0.191 e. The van der Waals surface area contributed by atoms with Gasteiger partial charge in [-0.1, -0.05) is 6.92 Å². The van der Waals surface area contributed by atoms with E-state index < -0.39 is 0 Å². The molecule has 1 fully saturated rings. The SMILES string of the molecule is CCN(CCNC(=NC)NCCc1c[nH]c2ccc(F)cc12)C1CC1. The molecule has 3 N–H and O–H groups in total. The van der Waals surface area contributed by atoms with Crippen LogP contribution in [0.3, 0.4) is 0 Å². The minimum Gasteiger partial charge on any atom is -0.361 e. The Morgan fingerprint density at radius 2 is 2.12 bits per heavy atom. The summed E-state index contributed by atoms with van der Waals surface area (Å²) in [5, 5.41) is 7.66. The van der Waals surface area contributed by atoms with Gasteiger partial charge in [0.1, 0.15) is 5.82 Å². The molecule has 1 aliphatic rings. The molecule has 1 heterocycles. The summed E-state index contributed by atoms with van der Waals surface area (Å²) < 4.78 is 13.4. The van der Waals surface area contributed by atoms with Crippen molar-refractivity contribution in [1.29, 1.82) is 0 Å². The van der Waals surface area contributed by atoms with E-state index in [-0.39, 0.29) is 5.82 Å². The predicted molar refractivity (Wildman–Crippen MR) is 102 cm³/mol. The van der Waals surface area contributed by atoms with Gasteiger partial charge in [0.15, 0.2) is 5.96 Å². The Labute approximate surface area is 148 Å². The normalized spacial score (nSPS) is 15.1. The monoisotopic (exact) mass is 345 g/mol. The Balaban J connectivity index is 1.44. The molecule has 2 aromatic rings. The topological polar surface area (TPSA) is 55.4 Å². The van der Waals surface area contributed by atoms with Gasteiger partial charge in [-0.05, 0) is 49.6 Å². The van der Waals surface area contributed by atoms with Gasteiger partial charge in [-0.3, -0.25) is 9.89 Å². The van der Waals surface area contributed by atoms with Gasteiger partial charge >= 0.3 is 0 Å². The number of likely N-dealkylation sites (N-methyl/N-ethyl adjacent to an activating group) is 1. The second-order valence-corrected chi connectivity index (χ2v) is 6.54. The highest BCUT2D eigenvalue weighted by atomic mass is 19.1. The minimum absolute atomic E-state index is 0.199. The lowest BCUT2D eigenvalue weighted by atomic mass is 10.1. The van der Waals surface area contributed by atoms with Crippen molar-refractivity contribution in [3.63, 3.8) is 0 Å². The lowest BCUT2D eigenvalue weighted by Crippen LogP contribution is -2.42. The number of aromatic nitrogens is 1. The molecule has 1 aromatic carbocycles. The van der Waals surface area contributed by atoms with Crippen molar-refractivity contribution in [2.45, 2.75) is 32.2 Å². The number of nitrogens with zero attached hydrogens (tertiary/aromatic N) is 2. The van der Waals surface area contributed by atoms with Crippen molar-refractivity contribution in [3.05, 3.63) is 35.8 Å². The molecule has 136 valence electrons. The number of rotatable bonds is 8. The quantitative estimate of drug-likeness (QED) is 0.509. The summed E-state index contributed by atoms with van der Waals surface area (Å²) in [6, 6.07) is 5.64. The van der Waals surface area contributed by atoms with Crippen LogP contribution in [0.4, 0.5) is 4.39 Å². The summed E-state index contributed by atoms with van der Waals surface area (Å²) in [5.41, 5.74) is 2.09. The summed E-state index contributed by atoms with van der Waals surface area (Å²) in [6.07, 6.45) is 5.45. The van der Waals surface area contributed by atoms with Crippen molar-refractivity contribution >= 4 is 16.9 Å². The third-order valence-electron chi connectivity index (χ3n) is 4.80. The van der Waals surface area contributed by atoms with Crippen molar-refractivity contribution in [1.82, 2.24) is 20.5 Å². The molecule has 3 rings (SSSR count). The van der Waals surface area contributed by atoms with Crippen LogP contribution in [0.1, 0.15) is 25.3 Å².